The number of carbonyl (C=O) groups excluding carboxylic acids is 1. The van der Waals surface area contributed by atoms with Crippen molar-refractivity contribution < 1.29 is 9.18 Å². The first-order chi connectivity index (χ1) is 9.20. The molecule has 3 nitrogen and oxygen atoms in total. The Bertz CT molecular complexity index is 546. The largest absolute Gasteiger partial charge is 0.334 e. The van der Waals surface area contributed by atoms with Crippen molar-refractivity contribution in [2.45, 2.75) is 32.7 Å². The van der Waals surface area contributed by atoms with Crippen molar-refractivity contribution in [1.82, 2.24) is 9.55 Å². The van der Waals surface area contributed by atoms with E-state index in [0.29, 0.717) is 18.5 Å². The summed E-state index contributed by atoms with van der Waals surface area (Å²) in [5.74, 6) is 0.710. The Hall–Kier alpha value is -1.97. The first-order valence-corrected chi connectivity index (χ1v) is 6.49. The maximum absolute atomic E-state index is 12.8. The summed E-state index contributed by atoms with van der Waals surface area (Å²) < 4.78 is 14.8. The molecule has 100 valence electrons. The summed E-state index contributed by atoms with van der Waals surface area (Å²) >= 11 is 0. The minimum atomic E-state index is -0.323. The zero-order valence-corrected chi connectivity index (χ0v) is 11.0. The Kier molecular flexibility index (Phi) is 4.44. The minimum absolute atomic E-state index is 0.0242. The van der Waals surface area contributed by atoms with Gasteiger partial charge in [-0.05, 0) is 30.7 Å². The number of nitrogens with zero attached hydrogens (tertiary/aromatic N) is 2. The topological polar surface area (TPSA) is 34.9 Å². The zero-order chi connectivity index (χ0) is 13.7. The summed E-state index contributed by atoms with van der Waals surface area (Å²) in [6, 6.07) is 5.68. The number of carbonyl (C=O) groups is 1. The molecule has 4 heteroatoms. The number of aromatic nitrogens is 2. The number of halogens is 1. The third kappa shape index (κ3) is 3.50. The molecular formula is C15H17FN2O. The molecular weight excluding hydrogens is 243 g/mol. The van der Waals surface area contributed by atoms with Crippen LogP contribution in [-0.2, 0) is 13.0 Å². The Labute approximate surface area is 112 Å². The summed E-state index contributed by atoms with van der Waals surface area (Å²) in [4.78, 5) is 16.2. The van der Waals surface area contributed by atoms with Crippen molar-refractivity contribution in [3.63, 3.8) is 0 Å². The highest BCUT2D eigenvalue weighted by Gasteiger charge is 2.08. The molecule has 0 spiro atoms. The van der Waals surface area contributed by atoms with E-state index >= 15 is 0 Å². The van der Waals surface area contributed by atoms with Crippen LogP contribution in [0.2, 0.25) is 0 Å². The van der Waals surface area contributed by atoms with Crippen LogP contribution in [0.4, 0.5) is 4.39 Å². The molecule has 0 aliphatic rings. The summed E-state index contributed by atoms with van der Waals surface area (Å²) in [7, 11) is 0. The lowest BCUT2D eigenvalue weighted by molar-refractivity contribution is 0.0977. The van der Waals surface area contributed by atoms with Gasteiger partial charge in [-0.1, -0.05) is 6.92 Å². The molecule has 2 aromatic rings. The van der Waals surface area contributed by atoms with Crippen LogP contribution in [0.15, 0.2) is 36.7 Å². The summed E-state index contributed by atoms with van der Waals surface area (Å²) in [6.45, 7) is 2.72. The molecule has 0 aliphatic carbocycles. The number of rotatable bonds is 6. The third-order valence-electron chi connectivity index (χ3n) is 3.02. The van der Waals surface area contributed by atoms with Gasteiger partial charge in [-0.2, -0.15) is 0 Å². The molecule has 0 atom stereocenters. The van der Waals surface area contributed by atoms with E-state index in [4.69, 9.17) is 0 Å². The van der Waals surface area contributed by atoms with Crippen molar-refractivity contribution in [1.29, 1.82) is 0 Å². The van der Waals surface area contributed by atoms with Crippen molar-refractivity contribution in [3.8, 4) is 0 Å². The van der Waals surface area contributed by atoms with Gasteiger partial charge in [-0.3, -0.25) is 4.79 Å². The van der Waals surface area contributed by atoms with E-state index in [1.807, 2.05) is 10.8 Å². The minimum Gasteiger partial charge on any atom is -0.334 e. The highest BCUT2D eigenvalue weighted by molar-refractivity contribution is 5.95. The van der Waals surface area contributed by atoms with Gasteiger partial charge in [0.25, 0.3) is 0 Å². The first kappa shape index (κ1) is 13.5. The van der Waals surface area contributed by atoms with Crippen LogP contribution in [0, 0.1) is 5.82 Å². The summed E-state index contributed by atoms with van der Waals surface area (Å²) in [5.41, 5.74) is 0.554. The Morgan fingerprint density at radius 3 is 2.74 bits per heavy atom. The van der Waals surface area contributed by atoms with Gasteiger partial charge in [0.1, 0.15) is 11.6 Å². The average molecular weight is 260 g/mol. The molecule has 0 radical (unpaired) electrons. The first-order valence-electron chi connectivity index (χ1n) is 6.49. The van der Waals surface area contributed by atoms with Gasteiger partial charge in [0.05, 0.1) is 0 Å². The average Bonchev–Trinajstić information content (AvgIpc) is 2.85. The number of imidazole rings is 1. The molecule has 1 aromatic carbocycles. The van der Waals surface area contributed by atoms with Gasteiger partial charge in [-0.25, -0.2) is 9.37 Å². The van der Waals surface area contributed by atoms with Gasteiger partial charge in [-0.15, -0.1) is 0 Å². The molecule has 0 amide bonds. The van der Waals surface area contributed by atoms with Crippen LogP contribution in [0.5, 0.6) is 0 Å². The Morgan fingerprint density at radius 2 is 2.05 bits per heavy atom. The van der Waals surface area contributed by atoms with E-state index in [-0.39, 0.29) is 11.6 Å². The lowest BCUT2D eigenvalue weighted by Gasteiger charge is -2.06. The lowest BCUT2D eigenvalue weighted by Crippen LogP contribution is -2.08. The highest BCUT2D eigenvalue weighted by atomic mass is 19.1. The Balaban J connectivity index is 1.96. The standard InChI is InChI=1S/C15H17FN2O/c1-2-3-15-17-9-11-18(15)10-8-14(19)12-4-6-13(16)7-5-12/h4-7,9,11H,2-3,8,10H2,1H3. The van der Waals surface area contributed by atoms with Crippen molar-refractivity contribution >= 4 is 5.78 Å². The number of hydrogen-bond acceptors (Lipinski definition) is 2. The van der Waals surface area contributed by atoms with Gasteiger partial charge in [0.2, 0.25) is 0 Å². The zero-order valence-electron chi connectivity index (χ0n) is 11.0. The number of Topliss-reactive ketones (excluding diaryl/α,β-unsaturated/α-hetero) is 1. The maximum Gasteiger partial charge on any atom is 0.164 e. The molecule has 0 fully saturated rings. The van der Waals surface area contributed by atoms with Gasteiger partial charge in [0.15, 0.2) is 5.78 Å². The SMILES string of the molecule is CCCc1nccn1CCC(=O)c1ccc(F)cc1. The molecule has 0 bridgehead atoms. The number of benzene rings is 1. The van der Waals surface area contributed by atoms with Crippen molar-refractivity contribution in [2.24, 2.45) is 0 Å². The molecule has 2 rings (SSSR count). The van der Waals surface area contributed by atoms with E-state index in [1.54, 1.807) is 6.20 Å². The van der Waals surface area contributed by atoms with Crippen LogP contribution in [-0.4, -0.2) is 15.3 Å². The summed E-state index contributed by atoms with van der Waals surface area (Å²) in [5, 5.41) is 0. The molecule has 1 heterocycles. The normalized spacial score (nSPS) is 10.6. The predicted octanol–water partition coefficient (Wildman–Crippen LogP) is 3.25. The van der Waals surface area contributed by atoms with E-state index < -0.39 is 0 Å². The van der Waals surface area contributed by atoms with Gasteiger partial charge in [0, 0.05) is 37.3 Å². The fourth-order valence-electron chi connectivity index (χ4n) is 2.00. The fraction of sp³-hybridized carbons (Fsp3) is 0.333. The molecule has 1 aromatic heterocycles. The second-order valence-corrected chi connectivity index (χ2v) is 4.47. The number of aryl methyl sites for hydroxylation is 2. The fourth-order valence-corrected chi connectivity index (χ4v) is 2.00. The van der Waals surface area contributed by atoms with Crippen molar-refractivity contribution in [3.05, 3.63) is 53.9 Å². The molecule has 0 aliphatic heterocycles. The van der Waals surface area contributed by atoms with Crippen LogP contribution in [0.1, 0.15) is 35.9 Å². The second-order valence-electron chi connectivity index (χ2n) is 4.47. The van der Waals surface area contributed by atoms with Gasteiger partial charge >= 0.3 is 0 Å². The number of ketones is 1. The van der Waals surface area contributed by atoms with E-state index in [0.717, 1.165) is 18.7 Å². The van der Waals surface area contributed by atoms with Crippen LogP contribution in [0.3, 0.4) is 0 Å². The smallest absolute Gasteiger partial charge is 0.164 e. The summed E-state index contributed by atoms with van der Waals surface area (Å²) in [6.07, 6.45) is 6.00. The second kappa shape index (κ2) is 6.27. The molecule has 0 saturated heterocycles. The number of hydrogen-bond donors (Lipinski definition) is 0. The molecule has 0 unspecified atom stereocenters. The van der Waals surface area contributed by atoms with Crippen LogP contribution >= 0.6 is 0 Å². The predicted molar refractivity (Wildman–Crippen MR) is 71.6 cm³/mol. The highest BCUT2D eigenvalue weighted by Crippen LogP contribution is 2.08. The van der Waals surface area contributed by atoms with Gasteiger partial charge < -0.3 is 4.57 Å². The molecule has 19 heavy (non-hydrogen) atoms. The van der Waals surface area contributed by atoms with E-state index in [1.165, 1.54) is 24.3 Å². The van der Waals surface area contributed by atoms with Crippen molar-refractivity contribution in [2.75, 3.05) is 0 Å². The van der Waals surface area contributed by atoms with Crippen LogP contribution in [0.25, 0.3) is 0 Å². The quantitative estimate of drug-likeness (QED) is 0.747. The molecule has 0 saturated carbocycles. The van der Waals surface area contributed by atoms with E-state index in [9.17, 15) is 9.18 Å². The van der Waals surface area contributed by atoms with Crippen LogP contribution < -0.4 is 0 Å². The van der Waals surface area contributed by atoms with E-state index in [2.05, 4.69) is 11.9 Å². The monoisotopic (exact) mass is 260 g/mol. The maximum atomic E-state index is 12.8. The molecule has 0 N–H and O–H groups in total. The lowest BCUT2D eigenvalue weighted by atomic mass is 10.1. The third-order valence-corrected chi connectivity index (χ3v) is 3.02. The Morgan fingerprint density at radius 1 is 1.32 bits per heavy atom.